The molecular weight excluding hydrogens is 142 g/mol. The molecule has 0 saturated heterocycles. The number of amides is 1. The first-order valence-electron chi connectivity index (χ1n) is 2.55. The summed E-state index contributed by atoms with van der Waals surface area (Å²) in [6, 6.07) is 0. The fraction of sp³-hybridized carbons (Fsp3) is 0.750. The lowest BCUT2D eigenvalue weighted by atomic mass is 10.3. The molecule has 0 fully saturated rings. The summed E-state index contributed by atoms with van der Waals surface area (Å²) < 4.78 is 21.2. The third kappa shape index (κ3) is 5.45. The zero-order valence-corrected chi connectivity index (χ0v) is 5.86. The van der Waals surface area contributed by atoms with Gasteiger partial charge >= 0.3 is 0 Å². The molecule has 4 nitrogen and oxygen atoms in total. The molecule has 0 saturated carbocycles. The van der Waals surface area contributed by atoms with E-state index >= 15 is 0 Å². The normalized spacial score (nSPS) is 12.7. The number of rotatable bonds is 3. The van der Waals surface area contributed by atoms with Crippen LogP contribution in [0.15, 0.2) is 0 Å². The highest BCUT2D eigenvalue weighted by Gasteiger charge is 1.95. The molecule has 54 valence electrons. The van der Waals surface area contributed by atoms with Crippen LogP contribution in [0.2, 0.25) is 0 Å². The maximum absolute atomic E-state index is 10.3. The lowest BCUT2D eigenvalue weighted by Crippen LogP contribution is -2.24. The van der Waals surface area contributed by atoms with Crippen LogP contribution in [0.25, 0.3) is 0 Å². The van der Waals surface area contributed by atoms with E-state index in [9.17, 15) is 13.6 Å². The van der Waals surface area contributed by atoms with Gasteiger partial charge < -0.3 is 4.55 Å². The summed E-state index contributed by atoms with van der Waals surface area (Å²) in [5.41, 5.74) is 0. The number of hydrogen-bond donors (Lipinski definition) is 1. The molecule has 0 spiro atoms. The average Bonchev–Trinajstić information content (AvgIpc) is 1.63. The molecule has 1 atom stereocenters. The van der Waals surface area contributed by atoms with Crippen LogP contribution in [0, 0.1) is 0 Å². The van der Waals surface area contributed by atoms with Crippen molar-refractivity contribution in [2.45, 2.75) is 19.8 Å². The molecule has 0 aliphatic rings. The maximum Gasteiger partial charge on any atom is 0.230 e. The van der Waals surface area contributed by atoms with E-state index in [1.54, 1.807) is 11.6 Å². The minimum absolute atomic E-state index is 0.258. The molecule has 0 aromatic carbocycles. The topological polar surface area (TPSA) is 69.2 Å². The molecule has 5 heteroatoms. The predicted molar refractivity (Wildman–Crippen MR) is 32.0 cm³/mol. The fourth-order valence-corrected chi connectivity index (χ4v) is 0.659. The lowest BCUT2D eigenvalue weighted by Gasteiger charge is -2.04. The Labute approximate surface area is 56.1 Å². The number of carbonyl (C=O) groups excluding carboxylic acids is 1. The fourth-order valence-electron chi connectivity index (χ4n) is 0.371. The van der Waals surface area contributed by atoms with Crippen LogP contribution in [-0.4, -0.2) is 14.7 Å². The number of nitrogens with one attached hydrogen (secondary N) is 1. The molecule has 9 heavy (non-hydrogen) atoms. The van der Waals surface area contributed by atoms with Gasteiger partial charge in [-0.25, -0.2) is 0 Å². The highest BCUT2D eigenvalue weighted by molar-refractivity contribution is 7.77. The summed E-state index contributed by atoms with van der Waals surface area (Å²) in [6.07, 6.45) is 0.914. The molecule has 0 radical (unpaired) electrons. The van der Waals surface area contributed by atoms with E-state index < -0.39 is 17.2 Å². The largest absolute Gasteiger partial charge is 0.755 e. The quantitative estimate of drug-likeness (QED) is 0.561. The Balaban J connectivity index is 3.39. The summed E-state index contributed by atoms with van der Waals surface area (Å²) in [4.78, 5) is 10.3. The smallest absolute Gasteiger partial charge is 0.230 e. The molecule has 0 aromatic heterocycles. The van der Waals surface area contributed by atoms with Crippen molar-refractivity contribution in [3.8, 4) is 0 Å². The van der Waals surface area contributed by atoms with Crippen LogP contribution in [-0.2, 0) is 16.1 Å². The van der Waals surface area contributed by atoms with Gasteiger partial charge in [0.2, 0.25) is 5.91 Å². The van der Waals surface area contributed by atoms with Crippen LogP contribution in [0.5, 0.6) is 0 Å². The summed E-state index contributed by atoms with van der Waals surface area (Å²) in [5, 5.41) is 0. The second-order valence-electron chi connectivity index (χ2n) is 1.51. The lowest BCUT2D eigenvalue weighted by molar-refractivity contribution is -0.119. The second kappa shape index (κ2) is 4.46. The van der Waals surface area contributed by atoms with Gasteiger partial charge in [-0.2, -0.15) is 0 Å². The minimum atomic E-state index is -2.45. The van der Waals surface area contributed by atoms with Crippen molar-refractivity contribution in [1.82, 2.24) is 4.72 Å². The molecule has 1 N–H and O–H groups in total. The number of carbonyl (C=O) groups is 1. The van der Waals surface area contributed by atoms with Gasteiger partial charge in [-0.1, -0.05) is 6.92 Å². The Bertz CT molecular complexity index is 125. The third-order valence-electron chi connectivity index (χ3n) is 0.674. The Kier molecular flexibility index (Phi) is 4.25. The Morgan fingerprint density at radius 3 is 2.67 bits per heavy atom. The first kappa shape index (κ1) is 8.58. The van der Waals surface area contributed by atoms with Crippen molar-refractivity contribution in [2.24, 2.45) is 0 Å². The summed E-state index contributed by atoms with van der Waals surface area (Å²) in [6.45, 7) is 1.80. The van der Waals surface area contributed by atoms with Gasteiger partial charge in [0.1, 0.15) is 0 Å². The first-order chi connectivity index (χ1) is 4.16. The van der Waals surface area contributed by atoms with Gasteiger partial charge in [-0.15, -0.1) is 0 Å². The van der Waals surface area contributed by atoms with Gasteiger partial charge in [0.25, 0.3) is 0 Å². The van der Waals surface area contributed by atoms with Gasteiger partial charge in [0, 0.05) is 17.7 Å². The first-order valence-corrected chi connectivity index (χ1v) is 3.63. The Morgan fingerprint density at radius 1 is 1.78 bits per heavy atom. The highest BCUT2D eigenvalue weighted by Crippen LogP contribution is 1.84. The Hall–Kier alpha value is -0.420. The summed E-state index contributed by atoms with van der Waals surface area (Å²) >= 11 is -2.45. The molecule has 0 rings (SSSR count). The molecule has 1 unspecified atom stereocenters. The highest BCUT2D eigenvalue weighted by atomic mass is 32.2. The van der Waals surface area contributed by atoms with Crippen molar-refractivity contribution in [2.75, 3.05) is 0 Å². The minimum Gasteiger partial charge on any atom is -0.755 e. The van der Waals surface area contributed by atoms with Crippen molar-refractivity contribution in [3.05, 3.63) is 0 Å². The van der Waals surface area contributed by atoms with Crippen molar-refractivity contribution < 1.29 is 13.6 Å². The predicted octanol–water partition coefficient (Wildman–Crippen LogP) is -0.303. The molecule has 0 aliphatic carbocycles. The van der Waals surface area contributed by atoms with E-state index in [4.69, 9.17) is 0 Å². The van der Waals surface area contributed by atoms with Crippen molar-refractivity contribution in [3.63, 3.8) is 0 Å². The van der Waals surface area contributed by atoms with E-state index in [2.05, 4.69) is 0 Å². The summed E-state index contributed by atoms with van der Waals surface area (Å²) in [7, 11) is 0. The van der Waals surface area contributed by atoms with Crippen molar-refractivity contribution in [1.29, 1.82) is 0 Å². The molecule has 0 heterocycles. The van der Waals surface area contributed by atoms with Crippen molar-refractivity contribution >= 4 is 17.2 Å². The van der Waals surface area contributed by atoms with Crippen LogP contribution in [0.1, 0.15) is 19.8 Å². The zero-order chi connectivity index (χ0) is 7.28. The van der Waals surface area contributed by atoms with Crippen LogP contribution < -0.4 is 4.72 Å². The maximum atomic E-state index is 10.3. The van der Waals surface area contributed by atoms with Gasteiger partial charge in [-0.3, -0.25) is 13.7 Å². The molecule has 0 aliphatic heterocycles. The second-order valence-corrected chi connectivity index (χ2v) is 2.18. The van der Waals surface area contributed by atoms with E-state index in [1.807, 2.05) is 0 Å². The summed E-state index contributed by atoms with van der Waals surface area (Å²) in [5.74, 6) is -0.453. The number of hydrogen-bond acceptors (Lipinski definition) is 3. The SMILES string of the molecule is CCCC(=O)NS(=O)[O-]. The van der Waals surface area contributed by atoms with E-state index in [0.717, 1.165) is 0 Å². The molecule has 0 bridgehead atoms. The van der Waals surface area contributed by atoms with Gasteiger partial charge in [0.05, 0.1) is 0 Å². The van der Waals surface area contributed by atoms with Gasteiger partial charge in [0.15, 0.2) is 0 Å². The van der Waals surface area contributed by atoms with Crippen LogP contribution >= 0.6 is 0 Å². The molecular formula is C4H8NO3S-. The Morgan fingerprint density at radius 2 is 2.33 bits per heavy atom. The van der Waals surface area contributed by atoms with E-state index in [0.29, 0.717) is 6.42 Å². The van der Waals surface area contributed by atoms with E-state index in [-0.39, 0.29) is 6.42 Å². The van der Waals surface area contributed by atoms with E-state index in [1.165, 1.54) is 0 Å². The molecule has 0 aromatic rings. The monoisotopic (exact) mass is 150 g/mol. The van der Waals surface area contributed by atoms with Gasteiger partial charge in [-0.05, 0) is 6.42 Å². The molecule has 1 amide bonds. The standard InChI is InChI=1S/C4H9NO3S/c1-2-3-4(6)5-9(7)8/h2-3H2,1H3,(H,5,6)(H,7,8)/p-1. The zero-order valence-electron chi connectivity index (χ0n) is 5.05. The third-order valence-corrected chi connectivity index (χ3v) is 1.07. The van der Waals surface area contributed by atoms with Crippen LogP contribution in [0.4, 0.5) is 0 Å². The average molecular weight is 150 g/mol. The van der Waals surface area contributed by atoms with Crippen LogP contribution in [0.3, 0.4) is 0 Å².